The van der Waals surface area contributed by atoms with Crippen molar-refractivity contribution >= 4 is 15.9 Å². The van der Waals surface area contributed by atoms with Gasteiger partial charge in [0.2, 0.25) is 15.9 Å². The number of piperidine rings is 1. The van der Waals surface area contributed by atoms with Crippen LogP contribution in [0, 0.1) is 17.6 Å². The molecule has 2 aromatic rings. The fourth-order valence-electron chi connectivity index (χ4n) is 4.98. The van der Waals surface area contributed by atoms with E-state index in [-0.39, 0.29) is 30.3 Å². The summed E-state index contributed by atoms with van der Waals surface area (Å²) in [6.07, 6.45) is 5.04. The van der Waals surface area contributed by atoms with Crippen LogP contribution in [0.3, 0.4) is 0 Å². The minimum atomic E-state index is -4.15. The van der Waals surface area contributed by atoms with Crippen LogP contribution < -0.4 is 5.32 Å². The van der Waals surface area contributed by atoms with Crippen LogP contribution in [0.5, 0.6) is 0 Å². The number of amides is 1. The van der Waals surface area contributed by atoms with Crippen molar-refractivity contribution in [3.63, 3.8) is 0 Å². The maximum absolute atomic E-state index is 14.0. The third-order valence-corrected chi connectivity index (χ3v) is 8.80. The molecule has 1 aliphatic carbocycles. The summed E-state index contributed by atoms with van der Waals surface area (Å²) in [5.74, 6) is -2.15. The monoisotopic (exact) mass is 462 g/mol. The largest absolute Gasteiger partial charge is 0.355 e. The molecular formula is C24H28F2N2O3S. The zero-order chi connectivity index (χ0) is 22.8. The Bertz CT molecular complexity index is 1060. The standard InChI is InChI=1S/C24H28F2N2O3S/c25-20-8-9-21(26)22(16-20)32(30,31)28-14-10-18(11-15-28)23(29)27-17-24(12-4-5-13-24)19-6-2-1-3-7-19/h1-3,6-9,16,18H,4-5,10-15,17H2,(H,27,29). The Morgan fingerprint density at radius 3 is 2.34 bits per heavy atom. The van der Waals surface area contributed by atoms with Crippen LogP contribution in [0.25, 0.3) is 0 Å². The smallest absolute Gasteiger partial charge is 0.246 e. The van der Waals surface area contributed by atoms with E-state index < -0.39 is 26.6 Å². The van der Waals surface area contributed by atoms with Crippen LogP contribution in [-0.2, 0) is 20.2 Å². The lowest BCUT2D eigenvalue weighted by Crippen LogP contribution is -2.46. The van der Waals surface area contributed by atoms with Crippen molar-refractivity contribution in [3.8, 4) is 0 Å². The number of sulfonamides is 1. The Kier molecular flexibility index (Phi) is 6.62. The van der Waals surface area contributed by atoms with Gasteiger partial charge in [0.15, 0.2) is 0 Å². The highest BCUT2D eigenvalue weighted by atomic mass is 32.2. The van der Waals surface area contributed by atoms with Crippen LogP contribution >= 0.6 is 0 Å². The van der Waals surface area contributed by atoms with E-state index in [9.17, 15) is 22.0 Å². The Hall–Kier alpha value is -2.32. The average Bonchev–Trinajstić information content (AvgIpc) is 3.30. The molecule has 1 heterocycles. The quantitative estimate of drug-likeness (QED) is 0.706. The Balaban J connectivity index is 1.37. The van der Waals surface area contributed by atoms with Gasteiger partial charge < -0.3 is 5.32 Å². The summed E-state index contributed by atoms with van der Waals surface area (Å²) >= 11 is 0. The van der Waals surface area contributed by atoms with Crippen LogP contribution in [0.4, 0.5) is 8.78 Å². The van der Waals surface area contributed by atoms with E-state index in [1.165, 1.54) is 5.56 Å². The number of carbonyl (C=O) groups is 1. The van der Waals surface area contributed by atoms with Gasteiger partial charge >= 0.3 is 0 Å². The number of nitrogens with one attached hydrogen (secondary N) is 1. The molecule has 5 nitrogen and oxygen atoms in total. The molecule has 172 valence electrons. The first kappa shape index (κ1) is 22.9. The Morgan fingerprint density at radius 2 is 1.69 bits per heavy atom. The highest BCUT2D eigenvalue weighted by molar-refractivity contribution is 7.89. The molecule has 0 atom stereocenters. The number of nitrogens with zero attached hydrogens (tertiary/aromatic N) is 1. The zero-order valence-electron chi connectivity index (χ0n) is 17.9. The van der Waals surface area contributed by atoms with Crippen molar-refractivity contribution in [2.75, 3.05) is 19.6 Å². The van der Waals surface area contributed by atoms with Crippen LogP contribution in [0.2, 0.25) is 0 Å². The summed E-state index contributed by atoms with van der Waals surface area (Å²) < 4.78 is 54.1. The molecule has 8 heteroatoms. The highest BCUT2D eigenvalue weighted by Gasteiger charge is 2.38. The Morgan fingerprint density at radius 1 is 1.03 bits per heavy atom. The number of carbonyl (C=O) groups excluding carboxylic acids is 1. The normalized spacial score (nSPS) is 19.7. The molecule has 0 radical (unpaired) electrons. The van der Waals surface area contributed by atoms with Gasteiger partial charge in [0.05, 0.1) is 0 Å². The van der Waals surface area contributed by atoms with Gasteiger partial charge in [-0.1, -0.05) is 43.2 Å². The number of halogens is 2. The average molecular weight is 463 g/mol. The second kappa shape index (κ2) is 9.27. The van der Waals surface area contributed by atoms with Crippen molar-refractivity contribution in [2.45, 2.75) is 48.8 Å². The van der Waals surface area contributed by atoms with Gasteiger partial charge in [-0.15, -0.1) is 0 Å². The second-order valence-corrected chi connectivity index (χ2v) is 10.7. The first-order valence-corrected chi connectivity index (χ1v) is 12.5. The van der Waals surface area contributed by atoms with Gasteiger partial charge in [-0.2, -0.15) is 4.31 Å². The van der Waals surface area contributed by atoms with Crippen LogP contribution in [0.15, 0.2) is 53.4 Å². The minimum absolute atomic E-state index is 0.0458. The number of hydrogen-bond donors (Lipinski definition) is 1. The summed E-state index contributed by atoms with van der Waals surface area (Å²) in [5, 5.41) is 3.12. The zero-order valence-corrected chi connectivity index (χ0v) is 18.7. The molecule has 1 saturated heterocycles. The second-order valence-electron chi connectivity index (χ2n) is 8.82. The van der Waals surface area contributed by atoms with Gasteiger partial charge in [-0.05, 0) is 49.4 Å². The van der Waals surface area contributed by atoms with Gasteiger partial charge in [0.1, 0.15) is 16.5 Å². The lowest BCUT2D eigenvalue weighted by Gasteiger charge is -2.33. The van der Waals surface area contributed by atoms with E-state index in [0.29, 0.717) is 25.5 Å². The molecule has 32 heavy (non-hydrogen) atoms. The lowest BCUT2D eigenvalue weighted by atomic mass is 9.78. The van der Waals surface area contributed by atoms with Crippen LogP contribution in [0.1, 0.15) is 44.1 Å². The van der Waals surface area contributed by atoms with Gasteiger partial charge in [0.25, 0.3) is 0 Å². The maximum Gasteiger partial charge on any atom is 0.246 e. The number of benzene rings is 2. The number of hydrogen-bond acceptors (Lipinski definition) is 3. The van der Waals surface area contributed by atoms with E-state index in [4.69, 9.17) is 0 Å². The van der Waals surface area contributed by atoms with E-state index in [2.05, 4.69) is 17.4 Å². The topological polar surface area (TPSA) is 66.5 Å². The SMILES string of the molecule is O=C(NCC1(c2ccccc2)CCCC1)C1CCN(S(=O)(=O)c2cc(F)ccc2F)CC1. The van der Waals surface area contributed by atoms with E-state index in [1.54, 1.807) is 0 Å². The first-order valence-electron chi connectivity index (χ1n) is 11.1. The molecule has 0 aromatic heterocycles. The van der Waals surface area contributed by atoms with E-state index in [0.717, 1.165) is 42.1 Å². The van der Waals surface area contributed by atoms with Crippen molar-refractivity contribution in [2.24, 2.45) is 5.92 Å². The molecule has 2 aromatic carbocycles. The predicted molar refractivity (Wildman–Crippen MR) is 117 cm³/mol. The molecule has 2 aliphatic rings. The van der Waals surface area contributed by atoms with Crippen molar-refractivity contribution in [1.29, 1.82) is 0 Å². The van der Waals surface area contributed by atoms with E-state index >= 15 is 0 Å². The third kappa shape index (κ3) is 4.57. The summed E-state index contributed by atoms with van der Waals surface area (Å²) in [6.45, 7) is 0.767. The lowest BCUT2D eigenvalue weighted by molar-refractivity contribution is -0.126. The summed E-state index contributed by atoms with van der Waals surface area (Å²) in [6, 6.07) is 12.7. The van der Waals surface area contributed by atoms with Gasteiger partial charge in [-0.25, -0.2) is 17.2 Å². The molecular weight excluding hydrogens is 434 g/mol. The molecule has 0 bridgehead atoms. The molecule has 1 saturated carbocycles. The molecule has 1 amide bonds. The summed E-state index contributed by atoms with van der Waals surface area (Å²) in [7, 11) is -4.15. The van der Waals surface area contributed by atoms with Crippen molar-refractivity contribution < 1.29 is 22.0 Å². The molecule has 1 N–H and O–H groups in total. The fraction of sp³-hybridized carbons (Fsp3) is 0.458. The minimum Gasteiger partial charge on any atom is -0.355 e. The maximum atomic E-state index is 14.0. The van der Waals surface area contributed by atoms with E-state index in [1.807, 2.05) is 18.2 Å². The molecule has 2 fully saturated rings. The first-order chi connectivity index (χ1) is 15.3. The molecule has 0 spiro atoms. The molecule has 4 rings (SSSR count). The number of rotatable bonds is 6. The van der Waals surface area contributed by atoms with Crippen molar-refractivity contribution in [3.05, 3.63) is 65.7 Å². The van der Waals surface area contributed by atoms with Gasteiger partial charge in [0, 0.05) is 31.0 Å². The fourth-order valence-corrected chi connectivity index (χ4v) is 6.53. The van der Waals surface area contributed by atoms with Crippen LogP contribution in [-0.4, -0.2) is 38.3 Å². The van der Waals surface area contributed by atoms with Gasteiger partial charge in [-0.3, -0.25) is 4.79 Å². The predicted octanol–water partition coefficient (Wildman–Crippen LogP) is 3.99. The highest BCUT2D eigenvalue weighted by Crippen LogP contribution is 2.40. The third-order valence-electron chi connectivity index (χ3n) is 6.88. The summed E-state index contributed by atoms with van der Waals surface area (Å²) in [5.41, 5.74) is 1.20. The van der Waals surface area contributed by atoms with Crippen molar-refractivity contribution in [1.82, 2.24) is 9.62 Å². The molecule has 0 unspecified atom stereocenters. The Labute approximate surface area is 187 Å². The molecule has 1 aliphatic heterocycles. The summed E-state index contributed by atoms with van der Waals surface area (Å²) in [4.78, 5) is 12.2.